The van der Waals surface area contributed by atoms with Gasteiger partial charge in [0.2, 0.25) is 5.96 Å². The van der Waals surface area contributed by atoms with Gasteiger partial charge in [0.05, 0.1) is 12.6 Å². The van der Waals surface area contributed by atoms with Crippen molar-refractivity contribution in [3.8, 4) is 0 Å². The van der Waals surface area contributed by atoms with Gasteiger partial charge in [-0.25, -0.2) is 5.84 Å². The maximum atomic E-state index is 5.40. The normalized spacial score (nSPS) is 13.5. The molecule has 0 aromatic heterocycles. The van der Waals surface area contributed by atoms with E-state index in [1.54, 1.807) is 7.11 Å². The molecule has 17 heavy (non-hydrogen) atoms. The second-order valence-electron chi connectivity index (χ2n) is 3.63. The molecule has 0 bridgehead atoms. The number of ether oxygens (including phenoxy) is 2. The van der Waals surface area contributed by atoms with E-state index in [-0.39, 0.29) is 6.04 Å². The van der Waals surface area contributed by atoms with Gasteiger partial charge in [-0.2, -0.15) is 0 Å². The molecule has 1 unspecified atom stereocenters. The summed E-state index contributed by atoms with van der Waals surface area (Å²) in [7, 11) is 1.68. The predicted molar refractivity (Wildman–Crippen MR) is 69.8 cm³/mol. The van der Waals surface area contributed by atoms with Crippen LogP contribution in [-0.4, -0.2) is 45.5 Å². The number of hydrogen-bond acceptors (Lipinski definition) is 4. The molecule has 0 spiro atoms. The summed E-state index contributed by atoms with van der Waals surface area (Å²) in [4.78, 5) is 4.32. The van der Waals surface area contributed by atoms with E-state index in [1.807, 2.05) is 6.92 Å². The van der Waals surface area contributed by atoms with E-state index >= 15 is 0 Å². The molecule has 0 aliphatic carbocycles. The maximum Gasteiger partial charge on any atom is 0.206 e. The lowest BCUT2D eigenvalue weighted by Gasteiger charge is -2.18. The first kappa shape index (κ1) is 16.1. The lowest BCUT2D eigenvalue weighted by atomic mass is 10.2. The summed E-state index contributed by atoms with van der Waals surface area (Å²) in [5, 5.41) is 3.19. The molecule has 0 saturated carbocycles. The van der Waals surface area contributed by atoms with E-state index in [0.29, 0.717) is 19.1 Å². The van der Waals surface area contributed by atoms with Gasteiger partial charge in [0.15, 0.2) is 0 Å². The Morgan fingerprint density at radius 2 is 2.18 bits per heavy atom. The van der Waals surface area contributed by atoms with Crippen LogP contribution in [0.25, 0.3) is 0 Å². The van der Waals surface area contributed by atoms with Crippen molar-refractivity contribution in [1.82, 2.24) is 10.7 Å². The molecule has 102 valence electrons. The minimum atomic E-state index is 0.224. The fourth-order valence-electron chi connectivity index (χ4n) is 1.29. The standard InChI is InChI=1S/C11H26N4O2/c1-4-10(9-16-3)14-11(15-12)13-7-6-8-17-5-2/h10H,4-9,12H2,1-3H3,(H2,13,14,15). The third kappa shape index (κ3) is 8.91. The SMILES string of the molecule is CCOCCCN=C(NN)NC(CC)COC. The van der Waals surface area contributed by atoms with Gasteiger partial charge in [0.1, 0.15) is 0 Å². The van der Waals surface area contributed by atoms with Gasteiger partial charge < -0.3 is 14.8 Å². The number of aliphatic imine (C=N–C) groups is 1. The second-order valence-corrected chi connectivity index (χ2v) is 3.63. The number of methoxy groups -OCH3 is 1. The van der Waals surface area contributed by atoms with Crippen molar-refractivity contribution in [3.05, 3.63) is 0 Å². The molecule has 0 heterocycles. The smallest absolute Gasteiger partial charge is 0.206 e. The van der Waals surface area contributed by atoms with E-state index in [1.165, 1.54) is 0 Å². The fraction of sp³-hybridized carbons (Fsp3) is 0.909. The van der Waals surface area contributed by atoms with Crippen LogP contribution in [0.4, 0.5) is 0 Å². The number of hydrazine groups is 1. The molecule has 0 aliphatic heterocycles. The van der Waals surface area contributed by atoms with Crippen LogP contribution in [-0.2, 0) is 9.47 Å². The molecule has 0 amide bonds. The molecule has 4 N–H and O–H groups in total. The molecule has 0 rings (SSSR count). The Morgan fingerprint density at radius 3 is 2.71 bits per heavy atom. The molecule has 1 atom stereocenters. The minimum Gasteiger partial charge on any atom is -0.383 e. The quantitative estimate of drug-likeness (QED) is 0.179. The van der Waals surface area contributed by atoms with Crippen molar-refractivity contribution < 1.29 is 9.47 Å². The van der Waals surface area contributed by atoms with E-state index in [2.05, 4.69) is 22.7 Å². The highest BCUT2D eigenvalue weighted by atomic mass is 16.5. The molecule has 0 saturated heterocycles. The molecular formula is C11H26N4O2. The topological polar surface area (TPSA) is 80.9 Å². The van der Waals surface area contributed by atoms with Gasteiger partial charge in [-0.1, -0.05) is 6.92 Å². The number of hydrogen-bond donors (Lipinski definition) is 3. The van der Waals surface area contributed by atoms with Crippen molar-refractivity contribution >= 4 is 5.96 Å². The third-order valence-electron chi connectivity index (χ3n) is 2.26. The molecule has 6 heteroatoms. The average Bonchev–Trinajstić information content (AvgIpc) is 2.36. The Bertz CT molecular complexity index is 200. The Kier molecular flexibility index (Phi) is 11.0. The molecule has 6 nitrogen and oxygen atoms in total. The number of rotatable bonds is 9. The van der Waals surface area contributed by atoms with Gasteiger partial charge >= 0.3 is 0 Å². The van der Waals surface area contributed by atoms with Crippen molar-refractivity contribution in [1.29, 1.82) is 0 Å². The summed E-state index contributed by atoms with van der Waals surface area (Å²) < 4.78 is 10.3. The highest BCUT2D eigenvalue weighted by Crippen LogP contribution is 1.91. The van der Waals surface area contributed by atoms with Crippen LogP contribution in [0.2, 0.25) is 0 Å². The molecule has 0 aromatic carbocycles. The summed E-state index contributed by atoms with van der Waals surface area (Å²) >= 11 is 0. The molecule has 0 aromatic rings. The zero-order chi connectivity index (χ0) is 12.9. The molecule has 0 fully saturated rings. The predicted octanol–water partition coefficient (Wildman–Crippen LogP) is 0.247. The summed E-state index contributed by atoms with van der Waals surface area (Å²) in [5.74, 6) is 6.00. The maximum absolute atomic E-state index is 5.40. The summed E-state index contributed by atoms with van der Waals surface area (Å²) in [5.41, 5.74) is 2.56. The molecule has 0 aliphatic rings. The van der Waals surface area contributed by atoms with E-state index in [0.717, 1.165) is 26.1 Å². The van der Waals surface area contributed by atoms with Crippen LogP contribution in [0.5, 0.6) is 0 Å². The summed E-state index contributed by atoms with van der Waals surface area (Å²) in [6.45, 7) is 6.86. The first-order chi connectivity index (χ1) is 8.28. The van der Waals surface area contributed by atoms with Crippen LogP contribution in [0.3, 0.4) is 0 Å². The van der Waals surface area contributed by atoms with Crippen LogP contribution >= 0.6 is 0 Å². The summed E-state index contributed by atoms with van der Waals surface area (Å²) in [6, 6.07) is 0.224. The van der Waals surface area contributed by atoms with Gasteiger partial charge in [0.25, 0.3) is 0 Å². The van der Waals surface area contributed by atoms with Crippen LogP contribution in [0, 0.1) is 0 Å². The summed E-state index contributed by atoms with van der Waals surface area (Å²) in [6.07, 6.45) is 1.84. The monoisotopic (exact) mass is 246 g/mol. The lowest BCUT2D eigenvalue weighted by Crippen LogP contribution is -2.47. The number of nitrogens with two attached hydrogens (primary N) is 1. The number of guanidine groups is 1. The first-order valence-electron chi connectivity index (χ1n) is 6.12. The Balaban J connectivity index is 3.90. The first-order valence-corrected chi connectivity index (χ1v) is 6.12. The fourth-order valence-corrected chi connectivity index (χ4v) is 1.29. The van der Waals surface area contributed by atoms with Gasteiger partial charge in [-0.05, 0) is 19.8 Å². The van der Waals surface area contributed by atoms with Crippen LogP contribution in [0.1, 0.15) is 26.7 Å². The van der Waals surface area contributed by atoms with E-state index < -0.39 is 0 Å². The number of nitrogens with zero attached hydrogens (tertiary/aromatic N) is 1. The largest absolute Gasteiger partial charge is 0.383 e. The minimum absolute atomic E-state index is 0.224. The average molecular weight is 246 g/mol. The van der Waals surface area contributed by atoms with E-state index in [4.69, 9.17) is 15.3 Å². The lowest BCUT2D eigenvalue weighted by molar-refractivity contribution is 0.146. The third-order valence-corrected chi connectivity index (χ3v) is 2.26. The molecule has 0 radical (unpaired) electrons. The van der Waals surface area contributed by atoms with Gasteiger partial charge in [-0.15, -0.1) is 0 Å². The van der Waals surface area contributed by atoms with Crippen molar-refractivity contribution in [2.24, 2.45) is 10.8 Å². The van der Waals surface area contributed by atoms with Crippen LogP contribution in [0.15, 0.2) is 4.99 Å². The Hall–Kier alpha value is -0.850. The van der Waals surface area contributed by atoms with Gasteiger partial charge in [0, 0.05) is 26.9 Å². The van der Waals surface area contributed by atoms with Crippen molar-refractivity contribution in [2.45, 2.75) is 32.7 Å². The zero-order valence-corrected chi connectivity index (χ0v) is 11.2. The Morgan fingerprint density at radius 1 is 1.41 bits per heavy atom. The van der Waals surface area contributed by atoms with E-state index in [9.17, 15) is 0 Å². The Labute approximate surface area is 104 Å². The number of nitrogens with one attached hydrogen (secondary N) is 2. The highest BCUT2D eigenvalue weighted by Gasteiger charge is 2.06. The zero-order valence-electron chi connectivity index (χ0n) is 11.2. The second kappa shape index (κ2) is 11.6. The van der Waals surface area contributed by atoms with Crippen molar-refractivity contribution in [2.75, 3.05) is 33.5 Å². The van der Waals surface area contributed by atoms with Crippen molar-refractivity contribution in [3.63, 3.8) is 0 Å². The van der Waals surface area contributed by atoms with Gasteiger partial charge in [-0.3, -0.25) is 10.4 Å². The van der Waals surface area contributed by atoms with Crippen LogP contribution < -0.4 is 16.6 Å². The molecular weight excluding hydrogens is 220 g/mol. The highest BCUT2D eigenvalue weighted by molar-refractivity contribution is 5.79.